The molecule has 0 aromatic carbocycles. The van der Waals surface area contributed by atoms with Gasteiger partial charge in [-0.3, -0.25) is 0 Å². The van der Waals surface area contributed by atoms with Crippen molar-refractivity contribution in [3.05, 3.63) is 23.3 Å². The van der Waals surface area contributed by atoms with Crippen LogP contribution in [0.1, 0.15) is 0 Å². The smallest absolute Gasteiger partial charge is 0.0766 e. The van der Waals surface area contributed by atoms with Crippen LogP contribution in [0.2, 0.25) is 0 Å². The van der Waals surface area contributed by atoms with Crippen molar-refractivity contribution < 1.29 is 0 Å². The average Bonchev–Trinajstić information content (AvgIpc) is 2.00. The van der Waals surface area contributed by atoms with Gasteiger partial charge >= 0.3 is 0 Å². The topological polar surface area (TPSA) is 130 Å². The summed E-state index contributed by atoms with van der Waals surface area (Å²) < 4.78 is 0. The van der Waals surface area contributed by atoms with E-state index in [1.807, 2.05) is 0 Å². The molecule has 0 aromatic rings. The molecule has 0 saturated carbocycles. The first-order valence-corrected chi connectivity index (χ1v) is 2.75. The van der Waals surface area contributed by atoms with Gasteiger partial charge in [0.05, 0.1) is 11.4 Å². The lowest BCUT2D eigenvalue weighted by molar-refractivity contribution is 1.04. The van der Waals surface area contributed by atoms with Crippen molar-refractivity contribution in [1.29, 1.82) is 0 Å². The fraction of sp³-hybridized carbons (Fsp3) is 0.200. The van der Waals surface area contributed by atoms with Gasteiger partial charge in [-0.25, -0.2) is 0 Å². The Morgan fingerprint density at radius 3 is 2.00 bits per heavy atom. The van der Waals surface area contributed by atoms with Crippen molar-refractivity contribution in [3.8, 4) is 0 Å². The number of hydrogen-bond donors (Lipinski definition) is 5. The predicted octanol–water partition coefficient (Wildman–Crippen LogP) is -2.17. The molecule has 0 spiro atoms. The van der Waals surface area contributed by atoms with Gasteiger partial charge in [0.25, 0.3) is 0 Å². The molecule has 0 aromatic heterocycles. The molecule has 0 unspecified atom stereocenters. The van der Waals surface area contributed by atoms with Crippen LogP contribution in [0.3, 0.4) is 0 Å². The van der Waals surface area contributed by atoms with Crippen LogP contribution in [0, 0.1) is 0 Å². The van der Waals surface area contributed by atoms with E-state index in [1.165, 1.54) is 6.20 Å². The van der Waals surface area contributed by atoms with Crippen LogP contribution in [0.5, 0.6) is 0 Å². The molecule has 0 atom stereocenters. The molecule has 0 rings (SSSR count). The summed E-state index contributed by atoms with van der Waals surface area (Å²) in [7, 11) is 0. The highest BCUT2D eigenvalue weighted by molar-refractivity contribution is 5.28. The summed E-state index contributed by atoms with van der Waals surface area (Å²) in [6.07, 6.45) is 1.18. The van der Waals surface area contributed by atoms with Crippen molar-refractivity contribution in [2.24, 2.45) is 28.7 Å². The third-order valence-corrected chi connectivity index (χ3v) is 1.06. The van der Waals surface area contributed by atoms with Gasteiger partial charge in [-0.2, -0.15) is 0 Å². The summed E-state index contributed by atoms with van der Waals surface area (Å²) in [6.45, 7) is 0.181. The zero-order valence-electron chi connectivity index (χ0n) is 5.67. The Hall–Kier alpha value is -1.36. The molecule has 0 radical (unpaired) electrons. The Labute approximate surface area is 59.5 Å². The van der Waals surface area contributed by atoms with Crippen molar-refractivity contribution in [2.75, 3.05) is 6.54 Å². The maximum atomic E-state index is 5.38. The standard InChI is InChI=1S/C5H13N5/c6-1-3(8)5(10)4(9)2-7/h1H,2,6-10H2/b3-1+,5-4+. The highest BCUT2D eigenvalue weighted by Gasteiger charge is 1.97. The zero-order valence-corrected chi connectivity index (χ0v) is 5.67. The minimum absolute atomic E-state index is 0.181. The molecule has 0 aliphatic carbocycles. The van der Waals surface area contributed by atoms with Crippen LogP contribution in [-0.2, 0) is 0 Å². The summed E-state index contributed by atoms with van der Waals surface area (Å²) in [5.41, 5.74) is 27.1. The van der Waals surface area contributed by atoms with E-state index in [9.17, 15) is 0 Å². The largest absolute Gasteiger partial charge is 0.403 e. The molecule has 0 aliphatic heterocycles. The van der Waals surface area contributed by atoms with Gasteiger partial charge in [0, 0.05) is 18.4 Å². The van der Waals surface area contributed by atoms with Crippen LogP contribution in [0.15, 0.2) is 23.3 Å². The first kappa shape index (κ1) is 8.64. The van der Waals surface area contributed by atoms with Gasteiger partial charge in [-0.05, 0) is 0 Å². The fourth-order valence-corrected chi connectivity index (χ4v) is 0.385. The van der Waals surface area contributed by atoms with Crippen molar-refractivity contribution in [3.63, 3.8) is 0 Å². The highest BCUT2D eigenvalue weighted by atomic mass is 14.8. The minimum atomic E-state index is 0.181. The Balaban J connectivity index is 4.46. The number of nitrogens with two attached hydrogens (primary N) is 5. The molecule has 10 N–H and O–H groups in total. The van der Waals surface area contributed by atoms with E-state index >= 15 is 0 Å². The van der Waals surface area contributed by atoms with E-state index in [-0.39, 0.29) is 17.9 Å². The molecule has 0 bridgehead atoms. The molecule has 5 nitrogen and oxygen atoms in total. The Morgan fingerprint density at radius 2 is 1.70 bits per heavy atom. The summed E-state index contributed by atoms with van der Waals surface area (Å²) in [5, 5.41) is 0. The summed E-state index contributed by atoms with van der Waals surface area (Å²) in [4.78, 5) is 0. The molecule has 5 heteroatoms. The monoisotopic (exact) mass is 143 g/mol. The highest BCUT2D eigenvalue weighted by Crippen LogP contribution is 1.95. The van der Waals surface area contributed by atoms with E-state index in [2.05, 4.69) is 0 Å². The van der Waals surface area contributed by atoms with Crippen LogP contribution in [-0.4, -0.2) is 6.54 Å². The van der Waals surface area contributed by atoms with Crippen LogP contribution in [0.4, 0.5) is 0 Å². The van der Waals surface area contributed by atoms with Gasteiger partial charge in [-0.1, -0.05) is 0 Å². The Kier molecular flexibility index (Phi) is 3.13. The lowest BCUT2D eigenvalue weighted by Crippen LogP contribution is -2.22. The Bertz CT molecular complexity index is 169. The molecule has 58 valence electrons. The van der Waals surface area contributed by atoms with Crippen molar-refractivity contribution in [1.82, 2.24) is 0 Å². The molecule has 10 heavy (non-hydrogen) atoms. The van der Waals surface area contributed by atoms with Crippen molar-refractivity contribution in [2.45, 2.75) is 0 Å². The van der Waals surface area contributed by atoms with E-state index in [0.717, 1.165) is 0 Å². The Morgan fingerprint density at radius 1 is 1.20 bits per heavy atom. The maximum Gasteiger partial charge on any atom is 0.0766 e. The third kappa shape index (κ3) is 1.87. The third-order valence-electron chi connectivity index (χ3n) is 1.06. The SMILES string of the molecule is N/C=C(N)\C(N)=C(/N)CN. The molecule has 0 amide bonds. The average molecular weight is 143 g/mol. The fourth-order valence-electron chi connectivity index (χ4n) is 0.385. The zero-order chi connectivity index (χ0) is 8.15. The van der Waals surface area contributed by atoms with Crippen LogP contribution in [0.25, 0.3) is 0 Å². The van der Waals surface area contributed by atoms with E-state index in [0.29, 0.717) is 5.70 Å². The van der Waals surface area contributed by atoms with Crippen LogP contribution >= 0.6 is 0 Å². The molecule has 0 aliphatic rings. The van der Waals surface area contributed by atoms with Gasteiger partial charge < -0.3 is 28.7 Å². The lowest BCUT2D eigenvalue weighted by atomic mass is 10.3. The van der Waals surface area contributed by atoms with Crippen LogP contribution < -0.4 is 28.7 Å². The van der Waals surface area contributed by atoms with Gasteiger partial charge in [0.1, 0.15) is 0 Å². The van der Waals surface area contributed by atoms with E-state index in [4.69, 9.17) is 28.7 Å². The second kappa shape index (κ2) is 3.62. The second-order valence-electron chi connectivity index (χ2n) is 1.77. The first-order chi connectivity index (χ1) is 4.63. The number of rotatable bonds is 2. The lowest BCUT2D eigenvalue weighted by Gasteiger charge is -2.03. The second-order valence-corrected chi connectivity index (χ2v) is 1.77. The molecule has 0 fully saturated rings. The summed E-state index contributed by atoms with van der Waals surface area (Å²) in [5.74, 6) is 0. The normalized spacial score (nSPS) is 14.7. The maximum absolute atomic E-state index is 5.38. The minimum Gasteiger partial charge on any atom is -0.403 e. The predicted molar refractivity (Wildman–Crippen MR) is 40.9 cm³/mol. The molecular weight excluding hydrogens is 130 g/mol. The quantitative estimate of drug-likeness (QED) is 0.281. The summed E-state index contributed by atoms with van der Waals surface area (Å²) in [6, 6.07) is 0. The van der Waals surface area contributed by atoms with Gasteiger partial charge in [-0.15, -0.1) is 0 Å². The van der Waals surface area contributed by atoms with Gasteiger partial charge in [0.2, 0.25) is 0 Å². The van der Waals surface area contributed by atoms with Gasteiger partial charge in [0.15, 0.2) is 0 Å². The molecule has 0 saturated heterocycles. The summed E-state index contributed by atoms with van der Waals surface area (Å²) >= 11 is 0. The molecular formula is C5H13N5. The first-order valence-electron chi connectivity index (χ1n) is 2.75. The van der Waals surface area contributed by atoms with Crippen molar-refractivity contribution >= 4 is 0 Å². The van der Waals surface area contributed by atoms with E-state index in [1.54, 1.807) is 0 Å². The van der Waals surface area contributed by atoms with E-state index < -0.39 is 0 Å². The molecule has 0 heterocycles. The number of hydrogen-bond acceptors (Lipinski definition) is 5.